The van der Waals surface area contributed by atoms with Crippen LogP contribution in [0.1, 0.15) is 39.5 Å². The fraction of sp³-hybridized carbons (Fsp3) is 0.875. The topological polar surface area (TPSA) is 52.7 Å². The molecular formula is C16H29N3O2. The molecular weight excluding hydrogens is 266 g/mol. The SMILES string of the molecule is CCN(CC)CC1CCN(C(=O)C2CCC(=O)NC2)CC1. The number of likely N-dealkylation sites (tertiary alicyclic amines) is 1. The number of piperidine rings is 2. The molecule has 5 nitrogen and oxygen atoms in total. The molecule has 0 aromatic heterocycles. The maximum Gasteiger partial charge on any atom is 0.227 e. The van der Waals surface area contributed by atoms with E-state index in [1.165, 1.54) is 0 Å². The van der Waals surface area contributed by atoms with Crippen LogP contribution in [0.25, 0.3) is 0 Å². The van der Waals surface area contributed by atoms with Gasteiger partial charge in [-0.1, -0.05) is 13.8 Å². The summed E-state index contributed by atoms with van der Waals surface area (Å²) < 4.78 is 0. The van der Waals surface area contributed by atoms with Crippen molar-refractivity contribution in [2.24, 2.45) is 11.8 Å². The fourth-order valence-electron chi connectivity index (χ4n) is 3.38. The minimum Gasteiger partial charge on any atom is -0.355 e. The monoisotopic (exact) mass is 295 g/mol. The van der Waals surface area contributed by atoms with Gasteiger partial charge in [-0.3, -0.25) is 9.59 Å². The Morgan fingerprint density at radius 3 is 2.43 bits per heavy atom. The van der Waals surface area contributed by atoms with Crippen LogP contribution in [0.15, 0.2) is 0 Å². The Hall–Kier alpha value is -1.10. The summed E-state index contributed by atoms with van der Waals surface area (Å²) in [6.07, 6.45) is 3.43. The van der Waals surface area contributed by atoms with Crippen LogP contribution in [-0.4, -0.2) is 60.9 Å². The molecule has 120 valence electrons. The number of nitrogens with zero attached hydrogens (tertiary/aromatic N) is 2. The van der Waals surface area contributed by atoms with Crippen LogP contribution < -0.4 is 5.32 Å². The molecule has 0 radical (unpaired) electrons. The molecule has 2 rings (SSSR count). The third-order valence-electron chi connectivity index (χ3n) is 4.95. The summed E-state index contributed by atoms with van der Waals surface area (Å²) in [5.41, 5.74) is 0. The average molecular weight is 295 g/mol. The van der Waals surface area contributed by atoms with E-state index in [4.69, 9.17) is 0 Å². The Labute approximate surface area is 128 Å². The van der Waals surface area contributed by atoms with E-state index in [1.54, 1.807) is 0 Å². The molecule has 2 fully saturated rings. The number of rotatable bonds is 5. The van der Waals surface area contributed by atoms with E-state index in [2.05, 4.69) is 24.1 Å². The molecule has 0 aromatic carbocycles. The maximum atomic E-state index is 12.5. The van der Waals surface area contributed by atoms with E-state index in [0.29, 0.717) is 19.4 Å². The lowest BCUT2D eigenvalue weighted by molar-refractivity contribution is -0.138. The molecule has 1 atom stereocenters. The number of carbonyl (C=O) groups is 2. The van der Waals surface area contributed by atoms with Gasteiger partial charge in [0.2, 0.25) is 11.8 Å². The van der Waals surface area contributed by atoms with Gasteiger partial charge in [0, 0.05) is 32.6 Å². The van der Waals surface area contributed by atoms with Crippen LogP contribution in [-0.2, 0) is 9.59 Å². The first-order valence-corrected chi connectivity index (χ1v) is 8.41. The predicted molar refractivity (Wildman–Crippen MR) is 82.8 cm³/mol. The molecule has 2 heterocycles. The molecule has 2 aliphatic heterocycles. The van der Waals surface area contributed by atoms with Gasteiger partial charge in [0.1, 0.15) is 0 Å². The highest BCUT2D eigenvalue weighted by Gasteiger charge is 2.30. The molecule has 1 N–H and O–H groups in total. The highest BCUT2D eigenvalue weighted by atomic mass is 16.2. The second-order valence-electron chi connectivity index (χ2n) is 6.29. The quantitative estimate of drug-likeness (QED) is 0.826. The van der Waals surface area contributed by atoms with Gasteiger partial charge in [0.05, 0.1) is 5.92 Å². The summed E-state index contributed by atoms with van der Waals surface area (Å²) in [5.74, 6) is 1.05. The molecule has 0 aromatic rings. The van der Waals surface area contributed by atoms with Gasteiger partial charge >= 0.3 is 0 Å². The van der Waals surface area contributed by atoms with Crippen LogP contribution in [0, 0.1) is 11.8 Å². The van der Waals surface area contributed by atoms with E-state index in [-0.39, 0.29) is 17.7 Å². The number of hydrogen-bond donors (Lipinski definition) is 1. The Morgan fingerprint density at radius 2 is 1.90 bits per heavy atom. The van der Waals surface area contributed by atoms with Gasteiger partial charge in [-0.25, -0.2) is 0 Å². The van der Waals surface area contributed by atoms with Crippen molar-refractivity contribution in [1.29, 1.82) is 0 Å². The zero-order chi connectivity index (χ0) is 15.2. The second kappa shape index (κ2) is 7.78. The lowest BCUT2D eigenvalue weighted by Crippen LogP contribution is -2.48. The number of nitrogens with one attached hydrogen (secondary N) is 1. The summed E-state index contributed by atoms with van der Waals surface area (Å²) in [6.45, 7) is 10.1. The predicted octanol–water partition coefficient (Wildman–Crippen LogP) is 1.09. The first-order valence-electron chi connectivity index (χ1n) is 8.41. The van der Waals surface area contributed by atoms with Crippen molar-refractivity contribution in [3.05, 3.63) is 0 Å². The van der Waals surface area contributed by atoms with E-state index in [9.17, 15) is 9.59 Å². The van der Waals surface area contributed by atoms with E-state index < -0.39 is 0 Å². The van der Waals surface area contributed by atoms with Crippen LogP contribution in [0.5, 0.6) is 0 Å². The lowest BCUT2D eigenvalue weighted by Gasteiger charge is -2.36. The van der Waals surface area contributed by atoms with Crippen LogP contribution in [0.3, 0.4) is 0 Å². The Bertz CT molecular complexity index is 351. The Balaban J connectivity index is 1.75. The van der Waals surface area contributed by atoms with Crippen molar-refractivity contribution in [3.8, 4) is 0 Å². The van der Waals surface area contributed by atoms with Crippen molar-refractivity contribution in [3.63, 3.8) is 0 Å². The molecule has 1 unspecified atom stereocenters. The average Bonchev–Trinajstić information content (AvgIpc) is 2.53. The number of amides is 2. The fourth-order valence-corrected chi connectivity index (χ4v) is 3.38. The molecule has 0 aliphatic carbocycles. The Morgan fingerprint density at radius 1 is 1.24 bits per heavy atom. The van der Waals surface area contributed by atoms with Gasteiger partial charge in [-0.15, -0.1) is 0 Å². The van der Waals surface area contributed by atoms with Crippen molar-refractivity contribution in [1.82, 2.24) is 15.1 Å². The summed E-state index contributed by atoms with van der Waals surface area (Å²) in [7, 11) is 0. The summed E-state index contributed by atoms with van der Waals surface area (Å²) in [6, 6.07) is 0. The second-order valence-corrected chi connectivity index (χ2v) is 6.29. The van der Waals surface area contributed by atoms with Gasteiger partial charge < -0.3 is 15.1 Å². The Kier molecular flexibility index (Phi) is 6.03. The minimum absolute atomic E-state index is 0.00188. The van der Waals surface area contributed by atoms with Gasteiger partial charge in [-0.05, 0) is 38.3 Å². The molecule has 2 saturated heterocycles. The molecule has 5 heteroatoms. The van der Waals surface area contributed by atoms with Crippen molar-refractivity contribution in [2.75, 3.05) is 39.3 Å². The highest BCUT2D eigenvalue weighted by Crippen LogP contribution is 2.22. The zero-order valence-corrected chi connectivity index (χ0v) is 13.4. The summed E-state index contributed by atoms with van der Waals surface area (Å²) in [5, 5.41) is 2.81. The zero-order valence-electron chi connectivity index (χ0n) is 13.4. The van der Waals surface area contributed by atoms with E-state index in [0.717, 1.165) is 51.5 Å². The third-order valence-corrected chi connectivity index (χ3v) is 4.95. The van der Waals surface area contributed by atoms with Gasteiger partial charge in [-0.2, -0.15) is 0 Å². The van der Waals surface area contributed by atoms with Gasteiger partial charge in [0.25, 0.3) is 0 Å². The number of hydrogen-bond acceptors (Lipinski definition) is 3. The summed E-state index contributed by atoms with van der Waals surface area (Å²) >= 11 is 0. The first kappa shape index (κ1) is 16.3. The van der Waals surface area contributed by atoms with Crippen LogP contribution in [0.2, 0.25) is 0 Å². The standard InChI is InChI=1S/C16H29N3O2/c1-3-18(4-2)12-13-7-9-19(10-8-13)16(21)14-5-6-15(20)17-11-14/h13-14H,3-12H2,1-2H3,(H,17,20). The van der Waals surface area contributed by atoms with E-state index in [1.807, 2.05) is 4.90 Å². The minimum atomic E-state index is 0.00188. The molecule has 0 bridgehead atoms. The van der Waals surface area contributed by atoms with Gasteiger partial charge in [0.15, 0.2) is 0 Å². The maximum absolute atomic E-state index is 12.5. The van der Waals surface area contributed by atoms with Crippen LogP contribution >= 0.6 is 0 Å². The first-order chi connectivity index (χ1) is 10.1. The highest BCUT2D eigenvalue weighted by molar-refractivity contribution is 5.83. The van der Waals surface area contributed by atoms with Crippen molar-refractivity contribution >= 4 is 11.8 Å². The van der Waals surface area contributed by atoms with Crippen molar-refractivity contribution < 1.29 is 9.59 Å². The number of carbonyl (C=O) groups excluding carboxylic acids is 2. The molecule has 0 saturated carbocycles. The summed E-state index contributed by atoms with van der Waals surface area (Å²) in [4.78, 5) is 28.1. The molecule has 2 amide bonds. The largest absolute Gasteiger partial charge is 0.355 e. The smallest absolute Gasteiger partial charge is 0.227 e. The lowest BCUT2D eigenvalue weighted by atomic mass is 9.93. The van der Waals surface area contributed by atoms with Crippen molar-refractivity contribution in [2.45, 2.75) is 39.5 Å². The molecule has 2 aliphatic rings. The molecule has 21 heavy (non-hydrogen) atoms. The van der Waals surface area contributed by atoms with E-state index >= 15 is 0 Å². The third kappa shape index (κ3) is 4.43. The normalized spacial score (nSPS) is 24.2. The van der Waals surface area contributed by atoms with Crippen LogP contribution in [0.4, 0.5) is 0 Å². The molecule has 0 spiro atoms.